The molecule has 1 fully saturated rings. The van der Waals surface area contributed by atoms with E-state index in [2.05, 4.69) is 0 Å². The van der Waals surface area contributed by atoms with Crippen LogP contribution in [-0.4, -0.2) is 44.1 Å². The van der Waals surface area contributed by atoms with Crippen LogP contribution in [0.2, 0.25) is 5.02 Å². The lowest BCUT2D eigenvalue weighted by Crippen LogP contribution is -2.36. The van der Waals surface area contributed by atoms with Gasteiger partial charge in [0.05, 0.1) is 15.5 Å². The molecule has 29 heavy (non-hydrogen) atoms. The van der Waals surface area contributed by atoms with Crippen molar-refractivity contribution >= 4 is 52.5 Å². The van der Waals surface area contributed by atoms with E-state index in [0.29, 0.717) is 11.3 Å². The van der Waals surface area contributed by atoms with Gasteiger partial charge < -0.3 is 15.4 Å². The van der Waals surface area contributed by atoms with Crippen molar-refractivity contribution in [1.82, 2.24) is 9.47 Å². The van der Waals surface area contributed by atoms with Gasteiger partial charge >= 0.3 is 5.97 Å². The number of hydrogen-bond donors (Lipinski definition) is 2. The Hall–Kier alpha value is -3.04. The fourth-order valence-electron chi connectivity index (χ4n) is 3.08. The number of aromatic carboxylic acids is 1. The second kappa shape index (κ2) is 7.76. The smallest absolute Gasteiger partial charge is 0.337 e. The summed E-state index contributed by atoms with van der Waals surface area (Å²) in [4.78, 5) is 47.8. The summed E-state index contributed by atoms with van der Waals surface area (Å²) in [5.41, 5.74) is 7.87. The number of carboxylic acid groups (broad SMARTS) is 1. The third-order valence-corrected chi connectivity index (χ3v) is 5.62. The molecule has 0 spiro atoms. The minimum atomic E-state index is -1.14. The highest BCUT2D eigenvalue weighted by Crippen LogP contribution is 2.34. The number of thioether (sulfide) groups is 1. The van der Waals surface area contributed by atoms with E-state index in [9.17, 15) is 24.3 Å². The zero-order chi connectivity index (χ0) is 21.5. The molecule has 1 aromatic heterocycles. The van der Waals surface area contributed by atoms with E-state index in [1.54, 1.807) is 12.1 Å². The van der Waals surface area contributed by atoms with Crippen molar-refractivity contribution in [1.29, 1.82) is 0 Å². The van der Waals surface area contributed by atoms with Crippen LogP contribution in [0.4, 0.5) is 4.79 Å². The van der Waals surface area contributed by atoms with E-state index >= 15 is 0 Å². The number of amides is 3. The van der Waals surface area contributed by atoms with Crippen LogP contribution in [0, 0.1) is 13.8 Å². The predicted octanol–water partition coefficient (Wildman–Crippen LogP) is 2.97. The maximum absolute atomic E-state index is 12.4. The number of rotatable bonds is 5. The van der Waals surface area contributed by atoms with Crippen molar-refractivity contribution in [2.45, 2.75) is 13.8 Å². The maximum atomic E-state index is 12.4. The molecule has 150 valence electrons. The first-order valence-corrected chi connectivity index (χ1v) is 9.55. The van der Waals surface area contributed by atoms with Crippen LogP contribution in [0.1, 0.15) is 27.3 Å². The Morgan fingerprint density at radius 2 is 1.93 bits per heavy atom. The maximum Gasteiger partial charge on any atom is 0.337 e. The summed E-state index contributed by atoms with van der Waals surface area (Å²) in [6.07, 6.45) is 1.57. The van der Waals surface area contributed by atoms with Crippen LogP contribution < -0.4 is 5.73 Å². The molecular formula is C19H16ClN3O5S. The Morgan fingerprint density at radius 1 is 1.24 bits per heavy atom. The molecule has 1 saturated heterocycles. The number of hydrogen-bond acceptors (Lipinski definition) is 5. The monoisotopic (exact) mass is 433 g/mol. The highest BCUT2D eigenvalue weighted by molar-refractivity contribution is 8.18. The number of aromatic nitrogens is 1. The molecule has 2 aromatic rings. The van der Waals surface area contributed by atoms with Crippen molar-refractivity contribution in [2.24, 2.45) is 5.73 Å². The molecule has 0 saturated carbocycles. The standard InChI is InChI=1S/C19H16ClN3O5S/c1-9-5-11(6-15-17(25)22(8-16(21)24)19(28)29-15)10(2)23(9)12-3-4-14(20)13(7-12)18(26)27/h3-7H,8H2,1-2H3,(H2,21,24)(H,26,27)/b15-6-. The first kappa shape index (κ1) is 20.7. The molecule has 2 heterocycles. The number of primary amides is 1. The van der Waals surface area contributed by atoms with E-state index in [4.69, 9.17) is 17.3 Å². The molecule has 0 atom stereocenters. The highest BCUT2D eigenvalue weighted by Gasteiger charge is 2.36. The van der Waals surface area contributed by atoms with E-state index < -0.39 is 29.6 Å². The zero-order valence-electron chi connectivity index (χ0n) is 15.4. The summed E-state index contributed by atoms with van der Waals surface area (Å²) in [7, 11) is 0. The lowest BCUT2D eigenvalue weighted by Gasteiger charge is -2.11. The molecular weight excluding hydrogens is 418 g/mol. The van der Waals surface area contributed by atoms with Crippen LogP contribution in [0.5, 0.6) is 0 Å². The Morgan fingerprint density at radius 3 is 2.55 bits per heavy atom. The largest absolute Gasteiger partial charge is 0.478 e. The van der Waals surface area contributed by atoms with Gasteiger partial charge in [0, 0.05) is 17.1 Å². The summed E-state index contributed by atoms with van der Waals surface area (Å²) >= 11 is 6.68. The van der Waals surface area contributed by atoms with E-state index in [1.165, 1.54) is 12.1 Å². The Kier molecular flexibility index (Phi) is 5.54. The fraction of sp³-hybridized carbons (Fsp3) is 0.158. The zero-order valence-corrected chi connectivity index (χ0v) is 17.0. The molecule has 3 amide bonds. The van der Waals surface area contributed by atoms with Gasteiger partial charge in [-0.3, -0.25) is 19.3 Å². The lowest BCUT2D eigenvalue weighted by molar-refractivity contribution is -0.127. The number of imide groups is 1. The lowest BCUT2D eigenvalue weighted by atomic mass is 10.2. The molecule has 0 bridgehead atoms. The van der Waals surface area contributed by atoms with Crippen molar-refractivity contribution in [3.05, 3.63) is 56.7 Å². The van der Waals surface area contributed by atoms with E-state index in [-0.39, 0.29) is 15.5 Å². The van der Waals surface area contributed by atoms with Crippen molar-refractivity contribution in [3.63, 3.8) is 0 Å². The quantitative estimate of drug-likeness (QED) is 0.699. The number of carbonyl (C=O) groups excluding carboxylic acids is 3. The van der Waals surface area contributed by atoms with Gasteiger partial charge in [-0.15, -0.1) is 0 Å². The van der Waals surface area contributed by atoms with E-state index in [0.717, 1.165) is 28.0 Å². The average Bonchev–Trinajstić information content (AvgIpc) is 3.05. The van der Waals surface area contributed by atoms with Gasteiger partial charge in [0.1, 0.15) is 6.54 Å². The molecule has 0 unspecified atom stereocenters. The van der Waals surface area contributed by atoms with Gasteiger partial charge in [-0.25, -0.2) is 4.79 Å². The number of carbonyl (C=O) groups is 4. The van der Waals surface area contributed by atoms with E-state index in [1.807, 2.05) is 24.5 Å². The number of benzene rings is 1. The first-order chi connectivity index (χ1) is 13.6. The second-order valence-electron chi connectivity index (χ2n) is 6.37. The SMILES string of the molecule is Cc1cc(/C=C2\SC(=O)N(CC(N)=O)C2=O)c(C)n1-c1ccc(Cl)c(C(=O)O)c1. The van der Waals surface area contributed by atoms with Gasteiger partial charge in [-0.1, -0.05) is 11.6 Å². The summed E-state index contributed by atoms with van der Waals surface area (Å²) in [5.74, 6) is -2.49. The molecule has 3 rings (SSSR count). The Bertz CT molecular complexity index is 1110. The first-order valence-electron chi connectivity index (χ1n) is 8.36. The number of halogens is 1. The van der Waals surface area contributed by atoms with Crippen LogP contribution in [-0.2, 0) is 9.59 Å². The third-order valence-electron chi connectivity index (χ3n) is 4.38. The fourth-order valence-corrected chi connectivity index (χ4v) is 4.11. The summed E-state index contributed by atoms with van der Waals surface area (Å²) < 4.78 is 1.82. The van der Waals surface area contributed by atoms with Crippen molar-refractivity contribution in [3.8, 4) is 5.69 Å². The molecule has 1 aliphatic rings. The number of nitrogens with zero attached hydrogens (tertiary/aromatic N) is 2. The minimum Gasteiger partial charge on any atom is -0.478 e. The Labute approximate surface area is 174 Å². The second-order valence-corrected chi connectivity index (χ2v) is 7.77. The van der Waals surface area contributed by atoms with Gasteiger partial charge in [-0.2, -0.15) is 0 Å². The third kappa shape index (κ3) is 3.92. The molecule has 10 heteroatoms. The number of aryl methyl sites for hydroxylation is 1. The highest BCUT2D eigenvalue weighted by atomic mass is 35.5. The van der Waals surface area contributed by atoms with Gasteiger partial charge in [0.2, 0.25) is 5.91 Å². The molecule has 8 nitrogen and oxygen atoms in total. The molecule has 0 radical (unpaired) electrons. The average molecular weight is 434 g/mol. The van der Waals surface area contributed by atoms with Gasteiger partial charge in [-0.05, 0) is 61.5 Å². The van der Waals surface area contributed by atoms with Gasteiger partial charge in [0.15, 0.2) is 0 Å². The normalized spacial score (nSPS) is 15.4. The summed E-state index contributed by atoms with van der Waals surface area (Å²) in [6, 6.07) is 6.48. The molecule has 1 aliphatic heterocycles. The molecule has 3 N–H and O–H groups in total. The van der Waals surface area contributed by atoms with Gasteiger partial charge in [0.25, 0.3) is 11.1 Å². The van der Waals surface area contributed by atoms with Crippen LogP contribution >= 0.6 is 23.4 Å². The van der Waals surface area contributed by atoms with Crippen LogP contribution in [0.15, 0.2) is 29.2 Å². The minimum absolute atomic E-state index is 0.0224. The predicted molar refractivity (Wildman–Crippen MR) is 109 cm³/mol. The molecule has 0 aliphatic carbocycles. The van der Waals surface area contributed by atoms with Crippen molar-refractivity contribution < 1.29 is 24.3 Å². The van der Waals surface area contributed by atoms with Crippen LogP contribution in [0.25, 0.3) is 11.8 Å². The van der Waals surface area contributed by atoms with Crippen LogP contribution in [0.3, 0.4) is 0 Å². The Balaban J connectivity index is 2.01. The topological polar surface area (TPSA) is 123 Å². The molecule has 1 aromatic carbocycles. The summed E-state index contributed by atoms with van der Waals surface area (Å²) in [5, 5.41) is 8.87. The van der Waals surface area contributed by atoms with Crippen molar-refractivity contribution in [2.75, 3.05) is 6.54 Å². The summed E-state index contributed by atoms with van der Waals surface area (Å²) in [6.45, 7) is 3.17. The number of carboxylic acids is 1. The number of nitrogens with two attached hydrogens (primary N) is 1.